The third-order valence-electron chi connectivity index (χ3n) is 9.73. The van der Waals surface area contributed by atoms with Crippen molar-refractivity contribution in [1.82, 2.24) is 0 Å². The van der Waals surface area contributed by atoms with Gasteiger partial charge in [0, 0.05) is 22.3 Å². The average Bonchev–Trinajstić information content (AvgIpc) is 3.36. The quantitative estimate of drug-likeness (QED) is 0.0262. The number of benzene rings is 6. The maximum Gasteiger partial charge on any atom is 0.343 e. The van der Waals surface area contributed by atoms with Crippen LogP contribution in [-0.2, 0) is 14.2 Å². The first-order chi connectivity index (χ1) is 31.9. The maximum atomic E-state index is 12.8. The van der Waals surface area contributed by atoms with Gasteiger partial charge in [0.1, 0.15) is 17.2 Å². The Kier molecular flexibility index (Phi) is 18.2. The van der Waals surface area contributed by atoms with Gasteiger partial charge in [-0.05, 0) is 122 Å². The summed E-state index contributed by atoms with van der Waals surface area (Å²) in [6.45, 7) is 5.15. The molecule has 66 heavy (non-hydrogen) atoms. The lowest BCUT2D eigenvalue weighted by atomic mass is 10.0. The van der Waals surface area contributed by atoms with Crippen molar-refractivity contribution < 1.29 is 62.0 Å². The number of hydrogen-bond acceptors (Lipinski definition) is 13. The minimum Gasteiger partial charge on any atom is -0.494 e. The molecule has 338 valence electrons. The molecular formula is C53H48O13. The molecular weight excluding hydrogens is 845 g/mol. The van der Waals surface area contributed by atoms with Gasteiger partial charge in [-0.25, -0.2) is 24.0 Å². The molecule has 0 heterocycles. The number of esters is 5. The third-order valence-corrected chi connectivity index (χ3v) is 9.73. The van der Waals surface area contributed by atoms with Gasteiger partial charge in [-0.1, -0.05) is 63.1 Å². The molecule has 0 atom stereocenters. The normalized spacial score (nSPS) is 10.3. The van der Waals surface area contributed by atoms with Gasteiger partial charge in [-0.15, -0.1) is 0 Å². The van der Waals surface area contributed by atoms with Crippen molar-refractivity contribution in [3.05, 3.63) is 196 Å². The molecule has 13 nitrogen and oxygen atoms in total. The summed E-state index contributed by atoms with van der Waals surface area (Å²) in [6, 6.07) is 37.6. The summed E-state index contributed by atoms with van der Waals surface area (Å²) in [5.74, 6) is -1.64. The second-order valence-corrected chi connectivity index (χ2v) is 14.4. The Morgan fingerprint density at radius 2 is 0.606 bits per heavy atom. The van der Waals surface area contributed by atoms with E-state index in [0.717, 1.165) is 31.4 Å². The number of carbonyl (C=O) groups excluding carboxylic acids is 7. The number of ketones is 2. The van der Waals surface area contributed by atoms with E-state index in [9.17, 15) is 33.6 Å². The Bertz CT molecular complexity index is 2600. The highest BCUT2D eigenvalue weighted by molar-refractivity contribution is 6.10. The van der Waals surface area contributed by atoms with Crippen LogP contribution in [0.2, 0.25) is 0 Å². The highest BCUT2D eigenvalue weighted by Crippen LogP contribution is 2.20. The highest BCUT2D eigenvalue weighted by atomic mass is 16.5. The Balaban J connectivity index is 0.000000249. The van der Waals surface area contributed by atoms with E-state index in [1.165, 1.54) is 87.0 Å². The fourth-order valence-corrected chi connectivity index (χ4v) is 5.92. The molecule has 0 aliphatic heterocycles. The first kappa shape index (κ1) is 48.8. The van der Waals surface area contributed by atoms with Gasteiger partial charge in [0.05, 0.1) is 55.3 Å². The fourth-order valence-electron chi connectivity index (χ4n) is 5.92. The van der Waals surface area contributed by atoms with E-state index in [4.69, 9.17) is 18.9 Å². The number of rotatable bonds is 18. The molecule has 6 aromatic rings. The number of methoxy groups -OCH3 is 2. The lowest BCUT2D eigenvalue weighted by Crippen LogP contribution is -2.10. The Morgan fingerprint density at radius 1 is 0.333 bits per heavy atom. The molecule has 0 unspecified atom stereocenters. The first-order valence-electron chi connectivity index (χ1n) is 21.0. The number of ether oxygens (including phenoxy) is 6. The SMILES string of the molecule is CCCCOC(=O)c1ccc(OC(=O)c2ccc(C(=O)c3ccc(OCCCC)cc3)cc2)cc1.COC(=O)c1ccc(OC(=O)c2ccc(C(=O)c3ccc(C(=O)OC)cc3)cc2)cc1. The number of carbonyl (C=O) groups is 7. The number of hydrogen-bond donors (Lipinski definition) is 0. The summed E-state index contributed by atoms with van der Waals surface area (Å²) in [4.78, 5) is 85.1. The van der Waals surface area contributed by atoms with Crippen molar-refractivity contribution in [3.63, 3.8) is 0 Å². The predicted octanol–water partition coefficient (Wildman–Crippen LogP) is 9.98. The Hall–Kier alpha value is -8.19. The zero-order valence-corrected chi connectivity index (χ0v) is 36.9. The van der Waals surface area contributed by atoms with Gasteiger partial charge in [0.25, 0.3) is 0 Å². The zero-order valence-electron chi connectivity index (χ0n) is 36.9. The standard InChI is InChI=1S/C29H30O6.C24H18O7/c1-3-5-19-33-25-15-11-22(12-16-25)27(30)21-7-9-24(10-8-21)29(32)35-26-17-13-23(14-18-26)28(31)34-20-6-4-2;1-29-22(26)17-7-3-15(4-8-17)21(25)16-5-9-19(10-6-16)24(28)31-20-13-11-18(12-14-20)23(27)30-2/h7-18H,3-6,19-20H2,1-2H3;3-14H,1-2H3. The van der Waals surface area contributed by atoms with Gasteiger partial charge in [0.15, 0.2) is 11.6 Å². The zero-order chi connectivity index (χ0) is 47.4. The molecule has 0 saturated carbocycles. The van der Waals surface area contributed by atoms with Crippen LogP contribution >= 0.6 is 0 Å². The van der Waals surface area contributed by atoms with Crippen LogP contribution in [0.5, 0.6) is 17.2 Å². The minimum absolute atomic E-state index is 0.147. The van der Waals surface area contributed by atoms with Crippen molar-refractivity contribution in [2.75, 3.05) is 27.4 Å². The number of unbranched alkanes of at least 4 members (excludes halogenated alkanes) is 2. The molecule has 0 fully saturated rings. The van der Waals surface area contributed by atoms with Gasteiger partial charge in [0.2, 0.25) is 0 Å². The molecule has 6 rings (SSSR count). The summed E-state index contributed by atoms with van der Waals surface area (Å²) in [5, 5.41) is 0. The monoisotopic (exact) mass is 892 g/mol. The molecule has 0 aromatic heterocycles. The van der Waals surface area contributed by atoms with E-state index >= 15 is 0 Å². The molecule has 0 aliphatic rings. The molecule has 0 radical (unpaired) electrons. The summed E-state index contributed by atoms with van der Waals surface area (Å²) < 4.78 is 30.7. The van der Waals surface area contributed by atoms with E-state index in [1.54, 1.807) is 72.8 Å². The summed E-state index contributed by atoms with van der Waals surface area (Å²) in [7, 11) is 2.56. The van der Waals surface area contributed by atoms with Crippen molar-refractivity contribution >= 4 is 41.4 Å². The van der Waals surface area contributed by atoms with Crippen LogP contribution in [0, 0.1) is 0 Å². The van der Waals surface area contributed by atoms with Crippen molar-refractivity contribution in [3.8, 4) is 17.2 Å². The molecule has 0 saturated heterocycles. The summed E-state index contributed by atoms with van der Waals surface area (Å²) in [6.07, 6.45) is 3.79. The first-order valence-corrected chi connectivity index (χ1v) is 21.0. The summed E-state index contributed by atoms with van der Waals surface area (Å²) in [5.41, 5.74) is 3.42. The van der Waals surface area contributed by atoms with Gasteiger partial charge >= 0.3 is 29.8 Å². The maximum absolute atomic E-state index is 12.8. The van der Waals surface area contributed by atoms with Crippen LogP contribution in [0.4, 0.5) is 0 Å². The van der Waals surface area contributed by atoms with E-state index in [2.05, 4.69) is 16.4 Å². The smallest absolute Gasteiger partial charge is 0.343 e. The average molecular weight is 893 g/mol. The second-order valence-electron chi connectivity index (χ2n) is 14.4. The molecule has 0 aliphatic carbocycles. The summed E-state index contributed by atoms with van der Waals surface area (Å²) >= 11 is 0. The van der Waals surface area contributed by atoms with Crippen molar-refractivity contribution in [2.24, 2.45) is 0 Å². The molecule has 0 spiro atoms. The van der Waals surface area contributed by atoms with E-state index in [-0.39, 0.29) is 22.9 Å². The molecule has 0 N–H and O–H groups in total. The van der Waals surface area contributed by atoms with Crippen LogP contribution in [-0.4, -0.2) is 68.8 Å². The van der Waals surface area contributed by atoms with Gasteiger partial charge in [-0.3, -0.25) is 9.59 Å². The minimum atomic E-state index is -0.604. The highest BCUT2D eigenvalue weighted by Gasteiger charge is 2.16. The lowest BCUT2D eigenvalue weighted by molar-refractivity contribution is 0.0497. The van der Waals surface area contributed by atoms with Gasteiger partial charge < -0.3 is 28.4 Å². The fraction of sp³-hybridized carbons (Fsp3) is 0.189. The van der Waals surface area contributed by atoms with Crippen LogP contribution in [0.15, 0.2) is 146 Å². The van der Waals surface area contributed by atoms with Gasteiger partial charge in [-0.2, -0.15) is 0 Å². The third kappa shape index (κ3) is 13.9. The molecule has 13 heteroatoms. The topological polar surface area (TPSA) is 175 Å². The Labute approximate surface area is 382 Å². The van der Waals surface area contributed by atoms with Crippen LogP contribution < -0.4 is 14.2 Å². The van der Waals surface area contributed by atoms with Crippen molar-refractivity contribution in [1.29, 1.82) is 0 Å². The van der Waals surface area contributed by atoms with E-state index < -0.39 is 29.8 Å². The second kappa shape index (κ2) is 24.6. The van der Waals surface area contributed by atoms with E-state index in [1.807, 2.05) is 6.92 Å². The predicted molar refractivity (Wildman–Crippen MR) is 244 cm³/mol. The molecule has 0 bridgehead atoms. The molecule has 0 amide bonds. The molecule has 6 aromatic carbocycles. The Morgan fingerprint density at radius 3 is 0.955 bits per heavy atom. The van der Waals surface area contributed by atoms with E-state index in [0.29, 0.717) is 63.5 Å². The van der Waals surface area contributed by atoms with Crippen LogP contribution in [0.25, 0.3) is 0 Å². The van der Waals surface area contributed by atoms with Crippen LogP contribution in [0.3, 0.4) is 0 Å². The lowest BCUT2D eigenvalue weighted by Gasteiger charge is -2.08. The van der Waals surface area contributed by atoms with Crippen LogP contribution in [0.1, 0.15) is 123 Å². The van der Waals surface area contributed by atoms with Crippen molar-refractivity contribution in [2.45, 2.75) is 39.5 Å². The largest absolute Gasteiger partial charge is 0.494 e.